The van der Waals surface area contributed by atoms with Crippen LogP contribution in [0.15, 0.2) is 24.3 Å². The predicted octanol–water partition coefficient (Wildman–Crippen LogP) is 4.52. The Bertz CT molecular complexity index is 305. The van der Waals surface area contributed by atoms with Crippen LogP contribution in [0.25, 0.3) is 0 Å². The number of rotatable bonds is 4. The second-order valence-electron chi connectivity index (χ2n) is 5.45. The average molecular weight is 220 g/mol. The van der Waals surface area contributed by atoms with Crippen LogP contribution in [0.4, 0.5) is 0 Å². The van der Waals surface area contributed by atoms with Gasteiger partial charge in [0.1, 0.15) is 0 Å². The molecule has 0 fully saturated rings. The van der Waals surface area contributed by atoms with Gasteiger partial charge in [-0.15, -0.1) is 0 Å². The summed E-state index contributed by atoms with van der Waals surface area (Å²) in [5.74, 6) is 0.651. The van der Waals surface area contributed by atoms with E-state index in [9.17, 15) is 0 Å². The first-order chi connectivity index (χ1) is 7.42. The van der Waals surface area contributed by atoms with Gasteiger partial charge < -0.3 is 4.74 Å². The fourth-order valence-corrected chi connectivity index (χ4v) is 1.48. The van der Waals surface area contributed by atoms with Gasteiger partial charge in [-0.1, -0.05) is 38.1 Å². The number of hydrogen-bond acceptors (Lipinski definition) is 1. The molecule has 0 aliphatic rings. The van der Waals surface area contributed by atoms with Crippen LogP contribution in [0.1, 0.15) is 58.1 Å². The summed E-state index contributed by atoms with van der Waals surface area (Å²) in [7, 11) is 0. The number of ether oxygens (including phenoxy) is 1. The summed E-state index contributed by atoms with van der Waals surface area (Å²) in [6, 6.07) is 8.78. The maximum Gasteiger partial charge on any atom is 0.0724 e. The Hall–Kier alpha value is -0.820. The van der Waals surface area contributed by atoms with Crippen molar-refractivity contribution in [2.24, 2.45) is 0 Å². The van der Waals surface area contributed by atoms with E-state index in [4.69, 9.17) is 4.74 Å². The first kappa shape index (κ1) is 13.2. The molecule has 1 aromatic rings. The van der Waals surface area contributed by atoms with Gasteiger partial charge in [-0.2, -0.15) is 0 Å². The molecule has 0 aromatic heterocycles. The summed E-state index contributed by atoms with van der Waals surface area (Å²) < 4.78 is 5.74. The molecule has 1 atom stereocenters. The zero-order valence-electron chi connectivity index (χ0n) is 11.2. The van der Waals surface area contributed by atoms with Gasteiger partial charge in [0.2, 0.25) is 0 Å². The first-order valence-electron chi connectivity index (χ1n) is 6.15. The monoisotopic (exact) mass is 220 g/mol. The third kappa shape index (κ3) is 4.36. The van der Waals surface area contributed by atoms with E-state index in [0.717, 1.165) is 0 Å². The van der Waals surface area contributed by atoms with Gasteiger partial charge in [0.25, 0.3) is 0 Å². The molecule has 1 aromatic carbocycles. The molecule has 16 heavy (non-hydrogen) atoms. The van der Waals surface area contributed by atoms with Crippen LogP contribution in [-0.4, -0.2) is 5.60 Å². The van der Waals surface area contributed by atoms with Gasteiger partial charge in [-0.25, -0.2) is 0 Å². The highest BCUT2D eigenvalue weighted by Gasteiger charge is 2.10. The Balaban J connectivity index is 2.58. The van der Waals surface area contributed by atoms with E-state index in [1.165, 1.54) is 17.5 Å². The van der Waals surface area contributed by atoms with Crippen LogP contribution < -0.4 is 0 Å². The molecule has 1 nitrogen and oxygen atoms in total. The topological polar surface area (TPSA) is 9.23 Å². The van der Waals surface area contributed by atoms with Crippen molar-refractivity contribution in [2.75, 3.05) is 0 Å². The smallest absolute Gasteiger partial charge is 0.0724 e. The molecule has 1 unspecified atom stereocenters. The lowest BCUT2D eigenvalue weighted by Crippen LogP contribution is -2.18. The second kappa shape index (κ2) is 5.49. The molecule has 1 heteroatoms. The highest BCUT2D eigenvalue weighted by Crippen LogP contribution is 2.19. The molecule has 0 amide bonds. The highest BCUT2D eigenvalue weighted by molar-refractivity contribution is 5.24. The van der Waals surface area contributed by atoms with Crippen LogP contribution in [0, 0.1) is 0 Å². The summed E-state index contributed by atoms with van der Waals surface area (Å²) >= 11 is 0. The lowest BCUT2D eigenvalue weighted by Gasteiger charge is -2.19. The van der Waals surface area contributed by atoms with E-state index < -0.39 is 0 Å². The van der Waals surface area contributed by atoms with E-state index in [1.54, 1.807) is 0 Å². The quantitative estimate of drug-likeness (QED) is 0.725. The zero-order chi connectivity index (χ0) is 12.2. The van der Waals surface area contributed by atoms with Crippen molar-refractivity contribution in [3.05, 3.63) is 35.4 Å². The lowest BCUT2D eigenvalue weighted by atomic mass is 9.98. The van der Waals surface area contributed by atoms with Crippen molar-refractivity contribution in [2.45, 2.75) is 59.2 Å². The minimum atomic E-state index is -0.0601. The molecule has 90 valence electrons. The number of benzene rings is 1. The Morgan fingerprint density at radius 2 is 1.69 bits per heavy atom. The molecule has 0 spiro atoms. The fraction of sp³-hybridized carbons (Fsp3) is 0.600. The van der Waals surface area contributed by atoms with E-state index in [-0.39, 0.29) is 5.60 Å². The summed E-state index contributed by atoms with van der Waals surface area (Å²) in [6.07, 6.45) is 1.19. The third-order valence-corrected chi connectivity index (χ3v) is 2.83. The van der Waals surface area contributed by atoms with Crippen molar-refractivity contribution >= 4 is 0 Å². The van der Waals surface area contributed by atoms with Crippen molar-refractivity contribution < 1.29 is 4.74 Å². The Morgan fingerprint density at radius 3 is 2.12 bits per heavy atom. The molecular weight excluding hydrogens is 196 g/mol. The molecule has 0 N–H and O–H groups in total. The average Bonchev–Trinajstić information content (AvgIpc) is 2.25. The van der Waals surface area contributed by atoms with E-state index >= 15 is 0 Å². The Kier molecular flexibility index (Phi) is 4.55. The lowest BCUT2D eigenvalue weighted by molar-refractivity contribution is -0.0149. The Labute approximate surface area is 99.8 Å². The van der Waals surface area contributed by atoms with Crippen LogP contribution in [0.5, 0.6) is 0 Å². The fourth-order valence-electron chi connectivity index (χ4n) is 1.48. The summed E-state index contributed by atoms with van der Waals surface area (Å²) in [5.41, 5.74) is 2.61. The van der Waals surface area contributed by atoms with E-state index in [2.05, 4.69) is 58.9 Å². The molecule has 0 radical (unpaired) electrons. The van der Waals surface area contributed by atoms with E-state index in [1.807, 2.05) is 0 Å². The van der Waals surface area contributed by atoms with Crippen LogP contribution in [0.2, 0.25) is 0 Å². The molecule has 0 aliphatic heterocycles. The second-order valence-corrected chi connectivity index (χ2v) is 5.45. The van der Waals surface area contributed by atoms with E-state index in [0.29, 0.717) is 12.5 Å². The summed E-state index contributed by atoms with van der Waals surface area (Å²) in [5, 5.41) is 0. The Morgan fingerprint density at radius 1 is 1.12 bits per heavy atom. The molecular formula is C15H24O. The van der Waals surface area contributed by atoms with Gasteiger partial charge in [0, 0.05) is 0 Å². The molecule has 0 saturated heterocycles. The van der Waals surface area contributed by atoms with Crippen molar-refractivity contribution in [3.8, 4) is 0 Å². The summed E-state index contributed by atoms with van der Waals surface area (Å²) in [4.78, 5) is 0. The SMILES string of the molecule is CCC(C)c1ccc(COC(C)(C)C)cc1. The van der Waals surface area contributed by atoms with Crippen molar-refractivity contribution in [1.29, 1.82) is 0 Å². The molecule has 0 heterocycles. The van der Waals surface area contributed by atoms with Gasteiger partial charge in [-0.05, 0) is 44.2 Å². The van der Waals surface area contributed by atoms with Crippen LogP contribution >= 0.6 is 0 Å². The maximum atomic E-state index is 5.74. The van der Waals surface area contributed by atoms with Gasteiger partial charge >= 0.3 is 0 Å². The van der Waals surface area contributed by atoms with Gasteiger partial charge in [-0.3, -0.25) is 0 Å². The molecule has 0 saturated carbocycles. The van der Waals surface area contributed by atoms with Gasteiger partial charge in [0.15, 0.2) is 0 Å². The standard InChI is InChI=1S/C15H24O/c1-6-12(2)14-9-7-13(8-10-14)11-16-15(3,4)5/h7-10,12H,6,11H2,1-5H3. The molecule has 0 bridgehead atoms. The van der Waals surface area contributed by atoms with Crippen LogP contribution in [0.3, 0.4) is 0 Å². The van der Waals surface area contributed by atoms with Gasteiger partial charge in [0.05, 0.1) is 12.2 Å². The minimum absolute atomic E-state index is 0.0601. The third-order valence-electron chi connectivity index (χ3n) is 2.83. The number of hydrogen-bond donors (Lipinski definition) is 0. The minimum Gasteiger partial charge on any atom is -0.371 e. The zero-order valence-corrected chi connectivity index (χ0v) is 11.2. The molecule has 0 aliphatic carbocycles. The molecule has 1 rings (SSSR count). The first-order valence-corrected chi connectivity index (χ1v) is 6.15. The largest absolute Gasteiger partial charge is 0.371 e. The summed E-state index contributed by atoms with van der Waals surface area (Å²) in [6.45, 7) is 11.4. The predicted molar refractivity (Wildman–Crippen MR) is 69.7 cm³/mol. The highest BCUT2D eigenvalue weighted by atomic mass is 16.5. The van der Waals surface area contributed by atoms with Crippen LogP contribution in [-0.2, 0) is 11.3 Å². The van der Waals surface area contributed by atoms with Crippen molar-refractivity contribution in [1.82, 2.24) is 0 Å². The van der Waals surface area contributed by atoms with Crippen molar-refractivity contribution in [3.63, 3.8) is 0 Å². The normalized spacial score (nSPS) is 13.8. The maximum absolute atomic E-state index is 5.74.